The molecule has 0 saturated heterocycles. The molecule has 1 unspecified atom stereocenters. The standard InChI is InChI=1S/C16H19ClN2O2/c1-4-19(11(2)10-21-3)16(20)14-9-18-15(17)13-8-6-5-7-12(13)14/h5-9,11H,4,10H2,1-3H3. The predicted molar refractivity (Wildman–Crippen MR) is 84.8 cm³/mol. The van der Waals surface area contributed by atoms with Gasteiger partial charge in [0.2, 0.25) is 0 Å². The van der Waals surface area contributed by atoms with Gasteiger partial charge in [-0.2, -0.15) is 0 Å². The molecule has 2 rings (SSSR count). The number of halogens is 1. The molecule has 0 radical (unpaired) electrons. The van der Waals surface area contributed by atoms with E-state index >= 15 is 0 Å². The van der Waals surface area contributed by atoms with Gasteiger partial charge in [0, 0.05) is 25.2 Å². The van der Waals surface area contributed by atoms with E-state index in [1.165, 1.54) is 0 Å². The quantitative estimate of drug-likeness (QED) is 0.795. The Morgan fingerprint density at radius 2 is 2.05 bits per heavy atom. The molecule has 1 heterocycles. The highest BCUT2D eigenvalue weighted by atomic mass is 35.5. The summed E-state index contributed by atoms with van der Waals surface area (Å²) in [6.45, 7) is 5.03. The van der Waals surface area contributed by atoms with Crippen molar-refractivity contribution in [3.05, 3.63) is 41.2 Å². The molecule has 0 aliphatic rings. The Kier molecular flexibility index (Phi) is 5.15. The third-order valence-corrected chi connectivity index (χ3v) is 3.82. The number of benzene rings is 1. The summed E-state index contributed by atoms with van der Waals surface area (Å²) >= 11 is 6.10. The van der Waals surface area contributed by atoms with Crippen LogP contribution in [0.5, 0.6) is 0 Å². The third-order valence-electron chi connectivity index (χ3n) is 3.52. The van der Waals surface area contributed by atoms with Crippen molar-refractivity contribution >= 4 is 28.3 Å². The zero-order valence-corrected chi connectivity index (χ0v) is 13.2. The van der Waals surface area contributed by atoms with Crippen LogP contribution in [0, 0.1) is 0 Å². The number of fused-ring (bicyclic) bond motifs is 1. The summed E-state index contributed by atoms with van der Waals surface area (Å²) < 4.78 is 5.15. The average molecular weight is 307 g/mol. The van der Waals surface area contributed by atoms with Crippen molar-refractivity contribution in [2.75, 3.05) is 20.3 Å². The van der Waals surface area contributed by atoms with Gasteiger partial charge in [0.25, 0.3) is 5.91 Å². The van der Waals surface area contributed by atoms with Crippen molar-refractivity contribution in [1.29, 1.82) is 0 Å². The number of carbonyl (C=O) groups excluding carboxylic acids is 1. The molecule has 0 bridgehead atoms. The number of amides is 1. The molecule has 0 spiro atoms. The van der Waals surface area contributed by atoms with Crippen LogP contribution in [-0.2, 0) is 4.74 Å². The van der Waals surface area contributed by atoms with E-state index in [2.05, 4.69) is 4.98 Å². The second-order valence-electron chi connectivity index (χ2n) is 4.90. The first-order valence-electron chi connectivity index (χ1n) is 6.93. The van der Waals surface area contributed by atoms with E-state index in [0.29, 0.717) is 23.9 Å². The summed E-state index contributed by atoms with van der Waals surface area (Å²) in [6, 6.07) is 7.54. The minimum Gasteiger partial charge on any atom is -0.383 e. The molecule has 2 aromatic rings. The maximum Gasteiger partial charge on any atom is 0.256 e. The van der Waals surface area contributed by atoms with Crippen LogP contribution >= 0.6 is 11.6 Å². The molecule has 1 amide bonds. The van der Waals surface area contributed by atoms with Crippen LogP contribution < -0.4 is 0 Å². The molecular weight excluding hydrogens is 288 g/mol. The molecule has 1 aromatic carbocycles. The number of pyridine rings is 1. The third kappa shape index (κ3) is 3.17. The molecule has 0 aliphatic carbocycles. The van der Waals surface area contributed by atoms with Crippen LogP contribution in [0.2, 0.25) is 5.15 Å². The first-order valence-corrected chi connectivity index (χ1v) is 7.31. The van der Waals surface area contributed by atoms with Crippen LogP contribution in [0.15, 0.2) is 30.5 Å². The van der Waals surface area contributed by atoms with Gasteiger partial charge in [-0.1, -0.05) is 35.9 Å². The van der Waals surface area contributed by atoms with E-state index < -0.39 is 0 Å². The van der Waals surface area contributed by atoms with E-state index in [1.807, 2.05) is 38.1 Å². The van der Waals surface area contributed by atoms with Gasteiger partial charge in [0.1, 0.15) is 5.15 Å². The summed E-state index contributed by atoms with van der Waals surface area (Å²) in [5.74, 6) is -0.0533. The first-order chi connectivity index (χ1) is 10.1. The number of carbonyl (C=O) groups is 1. The molecule has 21 heavy (non-hydrogen) atoms. The maximum absolute atomic E-state index is 12.8. The second-order valence-corrected chi connectivity index (χ2v) is 5.26. The van der Waals surface area contributed by atoms with Crippen LogP contribution in [0.1, 0.15) is 24.2 Å². The molecule has 0 N–H and O–H groups in total. The number of methoxy groups -OCH3 is 1. The lowest BCUT2D eigenvalue weighted by molar-refractivity contribution is 0.0581. The van der Waals surface area contributed by atoms with Crippen LogP contribution in [0.4, 0.5) is 0 Å². The van der Waals surface area contributed by atoms with Gasteiger partial charge in [-0.15, -0.1) is 0 Å². The van der Waals surface area contributed by atoms with E-state index in [9.17, 15) is 4.79 Å². The van der Waals surface area contributed by atoms with Crippen LogP contribution in [-0.4, -0.2) is 42.1 Å². The van der Waals surface area contributed by atoms with Crippen LogP contribution in [0.3, 0.4) is 0 Å². The fourth-order valence-corrected chi connectivity index (χ4v) is 2.68. The van der Waals surface area contributed by atoms with Gasteiger partial charge in [0.15, 0.2) is 0 Å². The monoisotopic (exact) mass is 306 g/mol. The highest BCUT2D eigenvalue weighted by Gasteiger charge is 2.22. The molecule has 1 aromatic heterocycles. The van der Waals surface area contributed by atoms with Gasteiger partial charge in [-0.25, -0.2) is 4.98 Å². The topological polar surface area (TPSA) is 42.4 Å². The van der Waals surface area contributed by atoms with E-state index in [-0.39, 0.29) is 11.9 Å². The molecule has 4 nitrogen and oxygen atoms in total. The van der Waals surface area contributed by atoms with Gasteiger partial charge >= 0.3 is 0 Å². The van der Waals surface area contributed by atoms with Crippen molar-refractivity contribution in [2.24, 2.45) is 0 Å². The van der Waals surface area contributed by atoms with Crippen molar-refractivity contribution < 1.29 is 9.53 Å². The van der Waals surface area contributed by atoms with Crippen molar-refractivity contribution in [2.45, 2.75) is 19.9 Å². The summed E-state index contributed by atoms with van der Waals surface area (Å²) in [7, 11) is 1.63. The van der Waals surface area contributed by atoms with Gasteiger partial charge in [0.05, 0.1) is 18.2 Å². The van der Waals surface area contributed by atoms with Crippen molar-refractivity contribution in [1.82, 2.24) is 9.88 Å². The normalized spacial score (nSPS) is 12.4. The molecule has 0 fully saturated rings. The molecular formula is C16H19ClN2O2. The Morgan fingerprint density at radius 1 is 1.38 bits per heavy atom. The fraction of sp³-hybridized carbons (Fsp3) is 0.375. The first kappa shape index (κ1) is 15.7. The highest BCUT2D eigenvalue weighted by Crippen LogP contribution is 2.25. The molecule has 0 saturated carbocycles. The lowest BCUT2D eigenvalue weighted by Gasteiger charge is -2.28. The number of aromatic nitrogens is 1. The van der Waals surface area contributed by atoms with Gasteiger partial charge < -0.3 is 9.64 Å². The van der Waals surface area contributed by atoms with E-state index in [0.717, 1.165) is 10.8 Å². The Labute approximate surface area is 129 Å². The lowest BCUT2D eigenvalue weighted by atomic mass is 10.1. The number of rotatable bonds is 5. The minimum absolute atomic E-state index is 0.00180. The number of hydrogen-bond donors (Lipinski definition) is 0. The number of likely N-dealkylation sites (N-methyl/N-ethyl adjacent to an activating group) is 1. The second kappa shape index (κ2) is 6.87. The summed E-state index contributed by atoms with van der Waals surface area (Å²) in [6.07, 6.45) is 1.55. The largest absolute Gasteiger partial charge is 0.383 e. The predicted octanol–water partition coefficient (Wildman–Crippen LogP) is 3.39. The maximum atomic E-state index is 12.8. The fourth-order valence-electron chi connectivity index (χ4n) is 2.47. The molecule has 0 aliphatic heterocycles. The molecule has 112 valence electrons. The smallest absolute Gasteiger partial charge is 0.256 e. The van der Waals surface area contributed by atoms with Gasteiger partial charge in [-0.05, 0) is 19.2 Å². The summed E-state index contributed by atoms with van der Waals surface area (Å²) in [5, 5.41) is 2.03. The lowest BCUT2D eigenvalue weighted by Crippen LogP contribution is -2.41. The Balaban J connectivity index is 2.46. The Bertz CT molecular complexity index is 645. The highest BCUT2D eigenvalue weighted by molar-refractivity contribution is 6.34. The zero-order valence-electron chi connectivity index (χ0n) is 12.5. The average Bonchev–Trinajstić information content (AvgIpc) is 2.49. The summed E-state index contributed by atoms with van der Waals surface area (Å²) in [4.78, 5) is 18.7. The number of hydrogen-bond acceptors (Lipinski definition) is 3. The zero-order chi connectivity index (χ0) is 15.4. The number of ether oxygens (including phenoxy) is 1. The van der Waals surface area contributed by atoms with Crippen molar-refractivity contribution in [3.8, 4) is 0 Å². The Hall–Kier alpha value is -1.65. The minimum atomic E-state index is -0.0533. The Morgan fingerprint density at radius 3 is 2.67 bits per heavy atom. The molecule has 5 heteroatoms. The van der Waals surface area contributed by atoms with E-state index in [4.69, 9.17) is 16.3 Å². The van der Waals surface area contributed by atoms with Gasteiger partial charge in [-0.3, -0.25) is 4.79 Å². The van der Waals surface area contributed by atoms with Crippen LogP contribution in [0.25, 0.3) is 10.8 Å². The van der Waals surface area contributed by atoms with E-state index in [1.54, 1.807) is 18.2 Å². The summed E-state index contributed by atoms with van der Waals surface area (Å²) in [5.41, 5.74) is 0.569. The number of nitrogens with zero attached hydrogens (tertiary/aromatic N) is 2. The SMILES string of the molecule is CCN(C(=O)c1cnc(Cl)c2ccccc12)C(C)COC. The molecule has 1 atom stereocenters. The van der Waals surface area contributed by atoms with Crippen molar-refractivity contribution in [3.63, 3.8) is 0 Å².